The normalized spacial score (nSPS) is 16.2. The molecular weight excluding hydrogens is 433 g/mol. The molecule has 33 heavy (non-hydrogen) atoms. The number of nitrogens with one attached hydrogen (secondary N) is 2. The maximum atomic E-state index is 13.1. The molecule has 2 N–H and O–H groups in total. The van der Waals surface area contributed by atoms with Crippen molar-refractivity contribution in [3.8, 4) is 0 Å². The van der Waals surface area contributed by atoms with E-state index in [0.29, 0.717) is 25.6 Å². The van der Waals surface area contributed by atoms with Gasteiger partial charge in [-0.2, -0.15) is 13.2 Å². The SMILES string of the molecule is C=CC(=O)NCCCN(C(=O)Nc1cccc(C(F)(F)F)c1)C1CCN(C(C)CCC)CC1. The topological polar surface area (TPSA) is 64.7 Å². The quantitative estimate of drug-likeness (QED) is 0.380. The molecule has 184 valence electrons. The van der Waals surface area contributed by atoms with Crippen LogP contribution in [0.1, 0.15) is 51.5 Å². The molecule has 9 heteroatoms. The van der Waals surface area contributed by atoms with Gasteiger partial charge in [-0.3, -0.25) is 4.79 Å². The van der Waals surface area contributed by atoms with Gasteiger partial charge in [-0.25, -0.2) is 4.79 Å². The van der Waals surface area contributed by atoms with E-state index >= 15 is 0 Å². The van der Waals surface area contributed by atoms with E-state index < -0.39 is 17.8 Å². The Morgan fingerprint density at radius 3 is 2.61 bits per heavy atom. The highest BCUT2D eigenvalue weighted by Crippen LogP contribution is 2.31. The Kier molecular flexibility index (Phi) is 10.2. The Morgan fingerprint density at radius 1 is 1.30 bits per heavy atom. The summed E-state index contributed by atoms with van der Waals surface area (Å²) in [6, 6.07) is 4.68. The van der Waals surface area contributed by atoms with Gasteiger partial charge in [0.1, 0.15) is 0 Å². The maximum absolute atomic E-state index is 13.1. The standard InChI is InChI=1S/C24H35F3N4O2/c1-4-8-18(3)30-15-11-21(12-16-30)31(14-7-13-28-22(32)5-2)23(33)29-20-10-6-9-19(17-20)24(25,26)27/h5-6,9-10,17-18,21H,2,4,7-8,11-16H2,1,3H3,(H,28,32)(H,29,33). The summed E-state index contributed by atoms with van der Waals surface area (Å²) in [5.41, 5.74) is -0.703. The van der Waals surface area contributed by atoms with Crippen LogP contribution in [-0.4, -0.2) is 60.0 Å². The van der Waals surface area contributed by atoms with Crippen LogP contribution in [0.5, 0.6) is 0 Å². The molecule has 1 atom stereocenters. The van der Waals surface area contributed by atoms with Crippen molar-refractivity contribution >= 4 is 17.6 Å². The number of carbonyl (C=O) groups is 2. The lowest BCUT2D eigenvalue weighted by Crippen LogP contribution is -2.51. The van der Waals surface area contributed by atoms with Gasteiger partial charge in [-0.1, -0.05) is 26.0 Å². The Morgan fingerprint density at radius 2 is 2.00 bits per heavy atom. The predicted molar refractivity (Wildman–Crippen MR) is 124 cm³/mol. The first-order chi connectivity index (χ1) is 15.7. The summed E-state index contributed by atoms with van der Waals surface area (Å²) < 4.78 is 39.1. The van der Waals surface area contributed by atoms with Crippen molar-refractivity contribution < 1.29 is 22.8 Å². The van der Waals surface area contributed by atoms with Gasteiger partial charge in [0.05, 0.1) is 5.56 Å². The number of piperidine rings is 1. The lowest BCUT2D eigenvalue weighted by molar-refractivity contribution is -0.137. The van der Waals surface area contributed by atoms with E-state index in [1.165, 1.54) is 18.2 Å². The Hall–Kier alpha value is -2.55. The largest absolute Gasteiger partial charge is 0.416 e. The van der Waals surface area contributed by atoms with Crippen molar-refractivity contribution in [1.29, 1.82) is 0 Å². The molecular formula is C24H35F3N4O2. The van der Waals surface area contributed by atoms with Crippen LogP contribution < -0.4 is 10.6 Å². The molecule has 0 bridgehead atoms. The summed E-state index contributed by atoms with van der Waals surface area (Å²) in [7, 11) is 0. The van der Waals surface area contributed by atoms with Gasteiger partial charge < -0.3 is 20.4 Å². The van der Waals surface area contributed by atoms with Gasteiger partial charge >= 0.3 is 12.2 Å². The number of anilines is 1. The molecule has 0 aliphatic carbocycles. The monoisotopic (exact) mass is 468 g/mol. The molecule has 1 fully saturated rings. The van der Waals surface area contributed by atoms with Crippen molar-refractivity contribution in [3.05, 3.63) is 42.5 Å². The minimum absolute atomic E-state index is 0.0176. The molecule has 6 nitrogen and oxygen atoms in total. The van der Waals surface area contributed by atoms with Crippen LogP contribution in [0.25, 0.3) is 0 Å². The van der Waals surface area contributed by atoms with Crippen molar-refractivity contribution in [3.63, 3.8) is 0 Å². The van der Waals surface area contributed by atoms with Gasteiger partial charge in [0, 0.05) is 44.0 Å². The molecule has 3 amide bonds. The van der Waals surface area contributed by atoms with Gasteiger partial charge in [0.15, 0.2) is 0 Å². The van der Waals surface area contributed by atoms with Gasteiger partial charge in [0.25, 0.3) is 0 Å². The van der Waals surface area contributed by atoms with Crippen molar-refractivity contribution in [1.82, 2.24) is 15.1 Å². The molecule has 1 saturated heterocycles. The first-order valence-corrected chi connectivity index (χ1v) is 11.5. The van der Waals surface area contributed by atoms with Gasteiger partial charge in [-0.15, -0.1) is 0 Å². The van der Waals surface area contributed by atoms with E-state index in [4.69, 9.17) is 0 Å². The minimum atomic E-state index is -4.48. The third kappa shape index (κ3) is 8.38. The molecule has 1 aliphatic heterocycles. The Balaban J connectivity index is 2.06. The van der Waals surface area contributed by atoms with E-state index in [1.807, 2.05) is 0 Å². The fourth-order valence-electron chi connectivity index (χ4n) is 4.19. The van der Waals surface area contributed by atoms with E-state index in [0.717, 1.165) is 50.9 Å². The van der Waals surface area contributed by atoms with Crippen molar-refractivity contribution in [2.24, 2.45) is 0 Å². The highest BCUT2D eigenvalue weighted by molar-refractivity contribution is 5.89. The summed E-state index contributed by atoms with van der Waals surface area (Å²) in [4.78, 5) is 28.6. The number of nitrogens with zero attached hydrogens (tertiary/aromatic N) is 2. The number of urea groups is 1. The number of hydrogen-bond acceptors (Lipinski definition) is 3. The Bertz CT molecular complexity index is 792. The molecule has 1 unspecified atom stereocenters. The third-order valence-corrected chi connectivity index (χ3v) is 6.03. The lowest BCUT2D eigenvalue weighted by Gasteiger charge is -2.40. The first kappa shape index (κ1) is 26.7. The summed E-state index contributed by atoms with van der Waals surface area (Å²) in [5.74, 6) is -0.284. The highest BCUT2D eigenvalue weighted by atomic mass is 19.4. The number of carbonyl (C=O) groups excluding carboxylic acids is 2. The van der Waals surface area contributed by atoms with Crippen LogP contribution in [-0.2, 0) is 11.0 Å². The number of benzene rings is 1. The number of rotatable bonds is 10. The molecule has 1 aromatic carbocycles. The second kappa shape index (κ2) is 12.6. The molecule has 0 spiro atoms. The zero-order valence-corrected chi connectivity index (χ0v) is 19.5. The second-order valence-electron chi connectivity index (χ2n) is 8.46. The molecule has 1 aromatic rings. The van der Waals surface area contributed by atoms with E-state index in [9.17, 15) is 22.8 Å². The molecule has 0 aromatic heterocycles. The van der Waals surface area contributed by atoms with Crippen molar-refractivity contribution in [2.45, 2.75) is 64.2 Å². The van der Waals surface area contributed by atoms with Crippen LogP contribution in [0.2, 0.25) is 0 Å². The average Bonchev–Trinajstić information content (AvgIpc) is 2.78. The number of halogens is 3. The smallest absolute Gasteiger partial charge is 0.353 e. The van der Waals surface area contributed by atoms with Gasteiger partial charge in [-0.05, 0) is 56.9 Å². The summed E-state index contributed by atoms with van der Waals surface area (Å²) >= 11 is 0. The van der Waals surface area contributed by atoms with Gasteiger partial charge in [0.2, 0.25) is 5.91 Å². The first-order valence-electron chi connectivity index (χ1n) is 11.5. The molecule has 1 heterocycles. The number of alkyl halides is 3. The summed E-state index contributed by atoms with van der Waals surface area (Å²) in [6.45, 7) is 10.3. The fourth-order valence-corrected chi connectivity index (χ4v) is 4.19. The van der Waals surface area contributed by atoms with Crippen LogP contribution in [0.3, 0.4) is 0 Å². The zero-order valence-electron chi connectivity index (χ0n) is 19.5. The van der Waals surface area contributed by atoms with E-state index in [2.05, 4.69) is 36.0 Å². The summed E-state index contributed by atoms with van der Waals surface area (Å²) in [6.07, 6.45) is 1.06. The lowest BCUT2D eigenvalue weighted by atomic mass is 10.0. The van der Waals surface area contributed by atoms with Crippen molar-refractivity contribution in [2.75, 3.05) is 31.5 Å². The highest BCUT2D eigenvalue weighted by Gasteiger charge is 2.32. The zero-order chi connectivity index (χ0) is 24.4. The van der Waals surface area contributed by atoms with Crippen LogP contribution >= 0.6 is 0 Å². The molecule has 0 radical (unpaired) electrons. The van der Waals surface area contributed by atoms with Crippen LogP contribution in [0.4, 0.5) is 23.7 Å². The van der Waals surface area contributed by atoms with E-state index in [1.54, 1.807) is 4.90 Å². The molecule has 0 saturated carbocycles. The fraction of sp³-hybridized carbons (Fsp3) is 0.583. The minimum Gasteiger partial charge on any atom is -0.353 e. The molecule has 1 aliphatic rings. The second-order valence-corrected chi connectivity index (χ2v) is 8.46. The maximum Gasteiger partial charge on any atom is 0.416 e. The number of amides is 3. The Labute approximate surface area is 194 Å². The van der Waals surface area contributed by atoms with Crippen LogP contribution in [0, 0.1) is 0 Å². The van der Waals surface area contributed by atoms with Crippen LogP contribution in [0.15, 0.2) is 36.9 Å². The summed E-state index contributed by atoms with van der Waals surface area (Å²) in [5, 5.41) is 5.33. The number of likely N-dealkylation sites (tertiary alicyclic amines) is 1. The average molecular weight is 469 g/mol. The predicted octanol–water partition coefficient (Wildman–Crippen LogP) is 4.88. The third-order valence-electron chi connectivity index (χ3n) is 6.03. The van der Waals surface area contributed by atoms with E-state index in [-0.39, 0.29) is 17.6 Å². The number of hydrogen-bond donors (Lipinski definition) is 2. The molecule has 2 rings (SSSR count).